The molecule has 4 nitrogen and oxygen atoms in total. The minimum absolute atomic E-state index is 0.0313. The normalized spacial score (nSPS) is 21.4. The molecule has 1 unspecified atom stereocenters. The van der Waals surface area contributed by atoms with Gasteiger partial charge in [0, 0.05) is 25.3 Å². The molecule has 1 atom stereocenters. The highest BCUT2D eigenvalue weighted by molar-refractivity contribution is 5.86. The Morgan fingerprint density at radius 2 is 2.12 bits per heavy atom. The van der Waals surface area contributed by atoms with Gasteiger partial charge in [-0.3, -0.25) is 4.79 Å². The van der Waals surface area contributed by atoms with Crippen molar-refractivity contribution in [3.8, 4) is 0 Å². The Bertz CT molecular complexity index is 353. The molecule has 4 heteroatoms. The Morgan fingerprint density at radius 1 is 1.38 bits per heavy atom. The fourth-order valence-corrected chi connectivity index (χ4v) is 2.04. The number of carbonyl (C=O) groups is 1. The molecule has 16 heavy (non-hydrogen) atoms. The lowest BCUT2D eigenvalue weighted by atomic mass is 10.2. The van der Waals surface area contributed by atoms with Gasteiger partial charge < -0.3 is 16.0 Å². The monoisotopic (exact) mass is 219 g/mol. The summed E-state index contributed by atoms with van der Waals surface area (Å²) in [5.74, 6) is 0.0313. The van der Waals surface area contributed by atoms with E-state index in [-0.39, 0.29) is 11.9 Å². The Hall–Kier alpha value is -1.55. The van der Waals surface area contributed by atoms with Gasteiger partial charge in [0.2, 0.25) is 5.91 Å². The molecule has 1 aliphatic heterocycles. The largest absolute Gasteiger partial charge is 0.358 e. The first-order chi connectivity index (χ1) is 7.83. The SMILES string of the molecule is NCC1C(=O)NCCCN1c1ccccc1. The minimum atomic E-state index is -0.245. The maximum absolute atomic E-state index is 11.8. The van der Waals surface area contributed by atoms with Gasteiger partial charge in [-0.05, 0) is 18.6 Å². The van der Waals surface area contributed by atoms with Crippen molar-refractivity contribution in [1.82, 2.24) is 5.32 Å². The Morgan fingerprint density at radius 3 is 2.81 bits per heavy atom. The molecule has 0 radical (unpaired) electrons. The molecule has 0 bridgehead atoms. The molecule has 1 aromatic carbocycles. The average Bonchev–Trinajstić information content (AvgIpc) is 2.52. The first-order valence-corrected chi connectivity index (χ1v) is 5.62. The molecule has 1 amide bonds. The van der Waals surface area contributed by atoms with E-state index in [1.165, 1.54) is 0 Å². The maximum Gasteiger partial charge on any atom is 0.244 e. The molecule has 0 aliphatic carbocycles. The maximum atomic E-state index is 11.8. The Labute approximate surface area is 95.4 Å². The van der Waals surface area contributed by atoms with Crippen LogP contribution in [0.5, 0.6) is 0 Å². The number of nitrogens with zero attached hydrogens (tertiary/aromatic N) is 1. The van der Waals surface area contributed by atoms with E-state index in [9.17, 15) is 4.79 Å². The van der Waals surface area contributed by atoms with Crippen molar-refractivity contribution in [2.75, 3.05) is 24.5 Å². The summed E-state index contributed by atoms with van der Waals surface area (Å²) in [5, 5.41) is 2.88. The predicted molar refractivity (Wildman–Crippen MR) is 64.3 cm³/mol. The molecular weight excluding hydrogens is 202 g/mol. The van der Waals surface area contributed by atoms with Crippen molar-refractivity contribution >= 4 is 11.6 Å². The van der Waals surface area contributed by atoms with E-state index in [4.69, 9.17) is 5.73 Å². The number of para-hydroxylation sites is 1. The quantitative estimate of drug-likeness (QED) is 0.754. The highest BCUT2D eigenvalue weighted by atomic mass is 16.2. The van der Waals surface area contributed by atoms with Crippen LogP contribution in [0.2, 0.25) is 0 Å². The minimum Gasteiger partial charge on any atom is -0.358 e. The van der Waals surface area contributed by atoms with Crippen LogP contribution in [-0.4, -0.2) is 31.6 Å². The molecular formula is C12H17N3O. The number of amides is 1. The van der Waals surface area contributed by atoms with Gasteiger partial charge in [0.1, 0.15) is 6.04 Å². The van der Waals surface area contributed by atoms with Crippen molar-refractivity contribution in [3.05, 3.63) is 30.3 Å². The molecule has 1 aliphatic rings. The van der Waals surface area contributed by atoms with Gasteiger partial charge in [-0.15, -0.1) is 0 Å². The highest BCUT2D eigenvalue weighted by Gasteiger charge is 2.26. The van der Waals surface area contributed by atoms with E-state index in [1.54, 1.807) is 0 Å². The first-order valence-electron chi connectivity index (χ1n) is 5.62. The fraction of sp³-hybridized carbons (Fsp3) is 0.417. The number of nitrogens with two attached hydrogens (primary N) is 1. The molecule has 86 valence electrons. The summed E-state index contributed by atoms with van der Waals surface area (Å²) in [5.41, 5.74) is 6.75. The molecule has 2 rings (SSSR count). The number of rotatable bonds is 2. The number of benzene rings is 1. The molecule has 0 aromatic heterocycles. The molecule has 1 aromatic rings. The van der Waals surface area contributed by atoms with Crippen LogP contribution in [0.4, 0.5) is 5.69 Å². The van der Waals surface area contributed by atoms with Gasteiger partial charge in [0.05, 0.1) is 0 Å². The van der Waals surface area contributed by atoms with Gasteiger partial charge in [0.15, 0.2) is 0 Å². The van der Waals surface area contributed by atoms with Crippen LogP contribution in [0.25, 0.3) is 0 Å². The van der Waals surface area contributed by atoms with E-state index in [0.717, 1.165) is 25.2 Å². The van der Waals surface area contributed by atoms with E-state index in [2.05, 4.69) is 10.2 Å². The van der Waals surface area contributed by atoms with Gasteiger partial charge in [-0.2, -0.15) is 0 Å². The molecule has 0 spiro atoms. The van der Waals surface area contributed by atoms with Crippen LogP contribution in [0, 0.1) is 0 Å². The van der Waals surface area contributed by atoms with E-state index < -0.39 is 0 Å². The zero-order valence-electron chi connectivity index (χ0n) is 9.23. The zero-order chi connectivity index (χ0) is 11.4. The lowest BCUT2D eigenvalue weighted by Crippen LogP contribution is -2.49. The highest BCUT2D eigenvalue weighted by Crippen LogP contribution is 2.17. The third kappa shape index (κ3) is 2.17. The summed E-state index contributed by atoms with van der Waals surface area (Å²) < 4.78 is 0. The summed E-state index contributed by atoms with van der Waals surface area (Å²) in [6, 6.07) is 9.71. The Balaban J connectivity index is 2.26. The summed E-state index contributed by atoms with van der Waals surface area (Å²) in [7, 11) is 0. The second-order valence-electron chi connectivity index (χ2n) is 3.93. The number of nitrogens with one attached hydrogen (secondary N) is 1. The van der Waals surface area contributed by atoms with Crippen molar-refractivity contribution in [2.24, 2.45) is 5.73 Å². The average molecular weight is 219 g/mol. The second kappa shape index (κ2) is 4.99. The lowest BCUT2D eigenvalue weighted by molar-refractivity contribution is -0.121. The van der Waals surface area contributed by atoms with Crippen LogP contribution in [-0.2, 0) is 4.79 Å². The van der Waals surface area contributed by atoms with Gasteiger partial charge in [-0.25, -0.2) is 0 Å². The van der Waals surface area contributed by atoms with Gasteiger partial charge in [0.25, 0.3) is 0 Å². The number of carbonyl (C=O) groups excluding carboxylic acids is 1. The van der Waals surface area contributed by atoms with Crippen molar-refractivity contribution in [3.63, 3.8) is 0 Å². The van der Waals surface area contributed by atoms with Crippen LogP contribution in [0.15, 0.2) is 30.3 Å². The van der Waals surface area contributed by atoms with Crippen LogP contribution in [0.3, 0.4) is 0 Å². The first kappa shape index (κ1) is 11.0. The molecule has 1 heterocycles. The summed E-state index contributed by atoms with van der Waals surface area (Å²) in [4.78, 5) is 13.9. The van der Waals surface area contributed by atoms with Crippen molar-refractivity contribution < 1.29 is 4.79 Å². The smallest absolute Gasteiger partial charge is 0.244 e. The number of hydrogen-bond acceptors (Lipinski definition) is 3. The third-order valence-electron chi connectivity index (χ3n) is 2.86. The van der Waals surface area contributed by atoms with E-state index in [0.29, 0.717) is 6.54 Å². The summed E-state index contributed by atoms with van der Waals surface area (Å²) in [6.45, 7) is 1.95. The number of hydrogen-bond donors (Lipinski definition) is 2. The van der Waals surface area contributed by atoms with Crippen LogP contribution >= 0.6 is 0 Å². The van der Waals surface area contributed by atoms with Crippen molar-refractivity contribution in [2.45, 2.75) is 12.5 Å². The topological polar surface area (TPSA) is 58.4 Å². The van der Waals surface area contributed by atoms with Gasteiger partial charge >= 0.3 is 0 Å². The third-order valence-corrected chi connectivity index (χ3v) is 2.86. The summed E-state index contributed by atoms with van der Waals surface area (Å²) in [6.07, 6.45) is 0.955. The molecule has 1 fully saturated rings. The number of anilines is 1. The zero-order valence-corrected chi connectivity index (χ0v) is 9.23. The molecule has 0 saturated carbocycles. The van der Waals surface area contributed by atoms with Gasteiger partial charge in [-0.1, -0.05) is 18.2 Å². The lowest BCUT2D eigenvalue weighted by Gasteiger charge is -2.29. The van der Waals surface area contributed by atoms with Crippen LogP contribution in [0.1, 0.15) is 6.42 Å². The second-order valence-corrected chi connectivity index (χ2v) is 3.93. The molecule has 1 saturated heterocycles. The van der Waals surface area contributed by atoms with E-state index >= 15 is 0 Å². The predicted octanol–water partition coefficient (Wildman–Crippen LogP) is 0.340. The van der Waals surface area contributed by atoms with Crippen LogP contribution < -0.4 is 16.0 Å². The standard InChI is InChI=1S/C12H17N3O/c13-9-11-12(16)14-7-4-8-15(11)10-5-2-1-3-6-10/h1-3,5-6,11H,4,7-9,13H2,(H,14,16). The Kier molecular flexibility index (Phi) is 3.41. The molecule has 3 N–H and O–H groups in total. The fourth-order valence-electron chi connectivity index (χ4n) is 2.04. The van der Waals surface area contributed by atoms with Crippen molar-refractivity contribution in [1.29, 1.82) is 0 Å². The summed E-state index contributed by atoms with van der Waals surface area (Å²) >= 11 is 0. The van der Waals surface area contributed by atoms with E-state index in [1.807, 2.05) is 30.3 Å².